The van der Waals surface area contributed by atoms with Crippen LogP contribution in [0.4, 0.5) is 0 Å². The Morgan fingerprint density at radius 2 is 1.90 bits per heavy atom. The lowest BCUT2D eigenvalue weighted by atomic mass is 9.96. The summed E-state index contributed by atoms with van der Waals surface area (Å²) in [5, 5.41) is 8.83. The molecule has 2 aliphatic rings. The van der Waals surface area contributed by atoms with Crippen molar-refractivity contribution in [3.8, 4) is 0 Å². The Morgan fingerprint density at radius 1 is 1.20 bits per heavy atom. The summed E-state index contributed by atoms with van der Waals surface area (Å²) in [6.07, 6.45) is 3.49. The first-order valence-corrected chi connectivity index (χ1v) is 7.32. The van der Waals surface area contributed by atoms with Crippen LogP contribution in [0.2, 0.25) is 0 Å². The lowest BCUT2D eigenvalue weighted by Crippen LogP contribution is -2.48. The molecule has 6 nitrogen and oxygen atoms in total. The van der Waals surface area contributed by atoms with Gasteiger partial charge >= 0.3 is 5.97 Å². The van der Waals surface area contributed by atoms with Gasteiger partial charge in [-0.3, -0.25) is 14.4 Å². The number of likely N-dealkylation sites (N-methyl/N-ethyl adjacent to an activating group) is 1. The highest BCUT2D eigenvalue weighted by molar-refractivity contribution is 5.85. The zero-order valence-electron chi connectivity index (χ0n) is 11.9. The molecule has 1 aliphatic carbocycles. The van der Waals surface area contributed by atoms with Gasteiger partial charge in [0.05, 0.1) is 5.92 Å². The highest BCUT2D eigenvalue weighted by Crippen LogP contribution is 2.32. The zero-order valence-corrected chi connectivity index (χ0v) is 11.9. The third-order valence-electron chi connectivity index (χ3n) is 4.03. The third kappa shape index (κ3) is 3.49. The molecule has 1 atom stereocenters. The molecule has 0 aromatic heterocycles. The van der Waals surface area contributed by atoms with Gasteiger partial charge < -0.3 is 14.9 Å². The van der Waals surface area contributed by atoms with E-state index in [1.165, 1.54) is 4.90 Å². The second kappa shape index (κ2) is 6.24. The molecule has 2 rings (SSSR count). The van der Waals surface area contributed by atoms with Crippen molar-refractivity contribution in [1.29, 1.82) is 0 Å². The number of hydrogen-bond acceptors (Lipinski definition) is 3. The van der Waals surface area contributed by atoms with Crippen LogP contribution in [0, 0.1) is 11.8 Å². The Morgan fingerprint density at radius 3 is 2.45 bits per heavy atom. The van der Waals surface area contributed by atoms with Crippen molar-refractivity contribution in [3.05, 3.63) is 0 Å². The van der Waals surface area contributed by atoms with Crippen LogP contribution in [0.15, 0.2) is 0 Å². The number of likely N-dealkylation sites (tertiary alicyclic amines) is 1. The van der Waals surface area contributed by atoms with Gasteiger partial charge in [-0.2, -0.15) is 0 Å². The van der Waals surface area contributed by atoms with E-state index >= 15 is 0 Å². The van der Waals surface area contributed by atoms with Crippen molar-refractivity contribution in [1.82, 2.24) is 9.80 Å². The van der Waals surface area contributed by atoms with Crippen LogP contribution < -0.4 is 0 Å². The number of piperidine rings is 1. The summed E-state index contributed by atoms with van der Waals surface area (Å²) in [7, 11) is 0. The molecule has 112 valence electrons. The van der Waals surface area contributed by atoms with Gasteiger partial charge in [-0.25, -0.2) is 0 Å². The minimum atomic E-state index is -0.998. The Labute approximate surface area is 118 Å². The van der Waals surface area contributed by atoms with Gasteiger partial charge in [0.1, 0.15) is 6.54 Å². The molecule has 0 bridgehead atoms. The minimum Gasteiger partial charge on any atom is -0.480 e. The molecule has 1 saturated carbocycles. The fourth-order valence-electron chi connectivity index (χ4n) is 2.73. The molecule has 1 saturated heterocycles. The maximum atomic E-state index is 12.3. The maximum Gasteiger partial charge on any atom is 0.323 e. The summed E-state index contributed by atoms with van der Waals surface area (Å²) in [4.78, 5) is 38.3. The lowest BCUT2D eigenvalue weighted by Gasteiger charge is -2.34. The van der Waals surface area contributed by atoms with Crippen LogP contribution in [-0.2, 0) is 14.4 Å². The van der Waals surface area contributed by atoms with E-state index in [-0.39, 0.29) is 30.2 Å². The van der Waals surface area contributed by atoms with Crippen molar-refractivity contribution < 1.29 is 19.5 Å². The molecule has 2 fully saturated rings. The number of carbonyl (C=O) groups excluding carboxylic acids is 2. The molecule has 1 heterocycles. The zero-order chi connectivity index (χ0) is 14.7. The van der Waals surface area contributed by atoms with E-state index in [0.717, 1.165) is 32.2 Å². The fourth-order valence-corrected chi connectivity index (χ4v) is 2.73. The van der Waals surface area contributed by atoms with Crippen LogP contribution >= 0.6 is 0 Å². The van der Waals surface area contributed by atoms with Crippen molar-refractivity contribution >= 4 is 17.8 Å². The fraction of sp³-hybridized carbons (Fsp3) is 0.786. The Bertz CT molecular complexity index is 406. The molecule has 6 heteroatoms. The summed E-state index contributed by atoms with van der Waals surface area (Å²) in [5.74, 6) is -1.04. The maximum absolute atomic E-state index is 12.3. The number of aliphatic carboxylic acids is 1. The van der Waals surface area contributed by atoms with Crippen LogP contribution in [0.3, 0.4) is 0 Å². The van der Waals surface area contributed by atoms with E-state index in [4.69, 9.17) is 5.11 Å². The SMILES string of the molecule is CCN(CC(=O)O)C(=O)C1CCCN(C(=O)C2CC2)C1. The molecule has 1 unspecified atom stereocenters. The number of rotatable bonds is 5. The van der Waals surface area contributed by atoms with E-state index in [1.54, 1.807) is 11.8 Å². The summed E-state index contributed by atoms with van der Waals surface area (Å²) in [6, 6.07) is 0. The van der Waals surface area contributed by atoms with E-state index < -0.39 is 5.97 Å². The summed E-state index contributed by atoms with van der Waals surface area (Å²) in [5.41, 5.74) is 0. The first-order valence-electron chi connectivity index (χ1n) is 7.32. The molecule has 0 aromatic rings. The Kier molecular flexibility index (Phi) is 4.62. The number of amides is 2. The van der Waals surface area contributed by atoms with E-state index in [0.29, 0.717) is 13.1 Å². The van der Waals surface area contributed by atoms with Gasteiger partial charge in [-0.15, -0.1) is 0 Å². The standard InChI is InChI=1S/C14H22N2O4/c1-2-15(9-12(17)18)14(20)11-4-3-7-16(8-11)13(19)10-5-6-10/h10-11H,2-9H2,1H3,(H,17,18). The minimum absolute atomic E-state index is 0.136. The van der Waals surface area contributed by atoms with E-state index in [2.05, 4.69) is 0 Å². The van der Waals surface area contributed by atoms with Crippen molar-refractivity contribution in [2.45, 2.75) is 32.6 Å². The normalized spacial score (nSPS) is 22.4. The predicted octanol–water partition coefficient (Wildman–Crippen LogP) is 0.568. The number of carboxylic acid groups (broad SMARTS) is 1. The first-order chi connectivity index (χ1) is 9.52. The molecule has 1 N–H and O–H groups in total. The van der Waals surface area contributed by atoms with Crippen molar-refractivity contribution in [3.63, 3.8) is 0 Å². The van der Waals surface area contributed by atoms with Crippen LogP contribution in [0.5, 0.6) is 0 Å². The monoisotopic (exact) mass is 282 g/mol. The van der Waals surface area contributed by atoms with Crippen molar-refractivity contribution in [2.24, 2.45) is 11.8 Å². The average Bonchev–Trinajstić information content (AvgIpc) is 3.27. The average molecular weight is 282 g/mol. The summed E-state index contributed by atoms with van der Waals surface area (Å²) >= 11 is 0. The quantitative estimate of drug-likeness (QED) is 0.799. The molecular weight excluding hydrogens is 260 g/mol. The lowest BCUT2D eigenvalue weighted by molar-refractivity contribution is -0.148. The second-order valence-electron chi connectivity index (χ2n) is 5.64. The third-order valence-corrected chi connectivity index (χ3v) is 4.03. The predicted molar refractivity (Wildman–Crippen MR) is 71.9 cm³/mol. The topological polar surface area (TPSA) is 77.9 Å². The van der Waals surface area contributed by atoms with Crippen LogP contribution in [0.25, 0.3) is 0 Å². The molecular formula is C14H22N2O4. The van der Waals surface area contributed by atoms with Gasteiger partial charge in [-0.1, -0.05) is 0 Å². The van der Waals surface area contributed by atoms with Gasteiger partial charge in [0, 0.05) is 25.6 Å². The Hall–Kier alpha value is -1.59. The smallest absolute Gasteiger partial charge is 0.323 e. The summed E-state index contributed by atoms with van der Waals surface area (Å²) in [6.45, 7) is 3.08. The highest BCUT2D eigenvalue weighted by atomic mass is 16.4. The molecule has 0 radical (unpaired) electrons. The Balaban J connectivity index is 1.94. The molecule has 0 spiro atoms. The van der Waals surface area contributed by atoms with Gasteiger partial charge in [0.25, 0.3) is 0 Å². The number of nitrogens with zero attached hydrogens (tertiary/aromatic N) is 2. The molecule has 1 aliphatic heterocycles. The molecule has 0 aromatic carbocycles. The number of carboxylic acids is 1. The number of hydrogen-bond donors (Lipinski definition) is 1. The van der Waals surface area contributed by atoms with Crippen LogP contribution in [0.1, 0.15) is 32.6 Å². The van der Waals surface area contributed by atoms with E-state index in [1.807, 2.05) is 0 Å². The largest absolute Gasteiger partial charge is 0.480 e. The first kappa shape index (κ1) is 14.8. The highest BCUT2D eigenvalue weighted by Gasteiger charge is 2.37. The van der Waals surface area contributed by atoms with Gasteiger partial charge in [0.2, 0.25) is 11.8 Å². The van der Waals surface area contributed by atoms with Crippen molar-refractivity contribution in [2.75, 3.05) is 26.2 Å². The van der Waals surface area contributed by atoms with Gasteiger partial charge in [0.15, 0.2) is 0 Å². The molecule has 20 heavy (non-hydrogen) atoms. The number of carbonyl (C=O) groups is 3. The second-order valence-corrected chi connectivity index (χ2v) is 5.64. The van der Waals surface area contributed by atoms with Crippen LogP contribution in [-0.4, -0.2) is 58.9 Å². The summed E-state index contributed by atoms with van der Waals surface area (Å²) < 4.78 is 0. The van der Waals surface area contributed by atoms with E-state index in [9.17, 15) is 14.4 Å². The molecule has 2 amide bonds. The van der Waals surface area contributed by atoms with Gasteiger partial charge in [-0.05, 0) is 32.6 Å².